The first-order valence-electron chi connectivity index (χ1n) is 10.2. The number of benzene rings is 1. The molecule has 2 amide bonds. The highest BCUT2D eigenvalue weighted by atomic mass is 19.1. The summed E-state index contributed by atoms with van der Waals surface area (Å²) in [5.41, 5.74) is 0.644. The smallest absolute Gasteiger partial charge is 0.221 e. The van der Waals surface area contributed by atoms with Crippen LogP contribution >= 0.6 is 0 Å². The molecule has 2 aliphatic heterocycles. The molecule has 0 aromatic heterocycles. The number of likely N-dealkylation sites (tertiary alicyclic amines) is 1. The minimum Gasteiger partial charge on any atom is -0.369 e. The Bertz CT molecular complexity index is 691. The molecule has 2 atom stereocenters. The first-order valence-corrected chi connectivity index (χ1v) is 10.2. The predicted octanol–water partition coefficient (Wildman–Crippen LogP) is 1.90. The quantitative estimate of drug-likeness (QED) is 0.779. The van der Waals surface area contributed by atoms with Crippen molar-refractivity contribution in [3.8, 4) is 0 Å². The van der Waals surface area contributed by atoms with Gasteiger partial charge in [0.25, 0.3) is 0 Å². The van der Waals surface area contributed by atoms with Crippen LogP contribution in [0.2, 0.25) is 0 Å². The maximum Gasteiger partial charge on any atom is 0.221 e. The number of hydrogen-bond acceptors (Lipinski definition) is 4. The van der Waals surface area contributed by atoms with Crippen LogP contribution in [0.15, 0.2) is 24.3 Å². The van der Waals surface area contributed by atoms with E-state index in [0.29, 0.717) is 24.7 Å². The number of anilines is 1. The highest BCUT2D eigenvalue weighted by molar-refractivity contribution is 5.77. The number of amides is 2. The molecule has 1 aromatic rings. The molecule has 28 heavy (non-hydrogen) atoms. The van der Waals surface area contributed by atoms with Crippen molar-refractivity contribution < 1.29 is 14.0 Å². The molecule has 2 heterocycles. The van der Waals surface area contributed by atoms with E-state index in [1.165, 1.54) is 13.0 Å². The van der Waals surface area contributed by atoms with Gasteiger partial charge >= 0.3 is 0 Å². The molecular weight excluding hydrogens is 359 g/mol. The highest BCUT2D eigenvalue weighted by Gasteiger charge is 2.32. The number of nitrogens with zero attached hydrogens (tertiary/aromatic N) is 2. The van der Waals surface area contributed by atoms with Crippen LogP contribution in [0.3, 0.4) is 0 Å². The monoisotopic (exact) mass is 390 g/mol. The summed E-state index contributed by atoms with van der Waals surface area (Å²) in [6, 6.07) is 7.51. The number of carbonyl (C=O) groups excluding carboxylic acids is 2. The Morgan fingerprint density at radius 2 is 1.79 bits per heavy atom. The van der Waals surface area contributed by atoms with Gasteiger partial charge < -0.3 is 15.5 Å². The maximum atomic E-state index is 13.9. The topological polar surface area (TPSA) is 64.7 Å². The zero-order valence-corrected chi connectivity index (χ0v) is 16.8. The SMILES string of the molecule is CC(=O)NC[C@H]1CC[C@@H](CC(=O)NC2CCN(c3ccccc3F)CC2)N1C. The first kappa shape index (κ1) is 20.6. The fraction of sp³-hybridized carbons (Fsp3) is 0.619. The predicted molar refractivity (Wildman–Crippen MR) is 108 cm³/mol. The average Bonchev–Trinajstić information content (AvgIpc) is 3.01. The van der Waals surface area contributed by atoms with Crippen molar-refractivity contribution in [1.82, 2.24) is 15.5 Å². The van der Waals surface area contributed by atoms with Crippen LogP contribution in [-0.4, -0.2) is 61.5 Å². The fourth-order valence-corrected chi connectivity index (χ4v) is 4.32. The second-order valence-corrected chi connectivity index (χ2v) is 7.97. The standard InChI is InChI=1S/C21H31FN4O2/c1-15(27)23-14-18-8-7-17(25(18)2)13-21(28)24-16-9-11-26(12-10-16)20-6-4-3-5-19(20)22/h3-6,16-18H,7-14H2,1-2H3,(H,23,27)(H,24,28)/t17-,18+/m0/s1. The lowest BCUT2D eigenvalue weighted by molar-refractivity contribution is -0.123. The van der Waals surface area contributed by atoms with Gasteiger partial charge in [-0.2, -0.15) is 0 Å². The maximum absolute atomic E-state index is 13.9. The number of hydrogen-bond donors (Lipinski definition) is 2. The second-order valence-electron chi connectivity index (χ2n) is 7.97. The van der Waals surface area contributed by atoms with E-state index in [1.807, 2.05) is 19.2 Å². The van der Waals surface area contributed by atoms with E-state index in [1.54, 1.807) is 6.07 Å². The molecule has 0 aliphatic carbocycles. The van der Waals surface area contributed by atoms with E-state index in [-0.39, 0.29) is 29.7 Å². The molecule has 2 fully saturated rings. The van der Waals surface area contributed by atoms with E-state index in [0.717, 1.165) is 38.8 Å². The molecule has 2 saturated heterocycles. The Labute approximate surface area is 166 Å². The van der Waals surface area contributed by atoms with Gasteiger partial charge in [0.2, 0.25) is 11.8 Å². The second kappa shape index (κ2) is 9.37. The zero-order valence-electron chi connectivity index (χ0n) is 16.8. The lowest BCUT2D eigenvalue weighted by Gasteiger charge is -2.34. The van der Waals surface area contributed by atoms with Gasteiger partial charge in [-0.25, -0.2) is 4.39 Å². The van der Waals surface area contributed by atoms with Crippen LogP contribution in [0, 0.1) is 5.82 Å². The molecule has 154 valence electrons. The summed E-state index contributed by atoms with van der Waals surface area (Å²) < 4.78 is 13.9. The Kier molecular flexibility index (Phi) is 6.88. The van der Waals surface area contributed by atoms with E-state index in [4.69, 9.17) is 0 Å². The van der Waals surface area contributed by atoms with Crippen LogP contribution in [0.25, 0.3) is 0 Å². The normalized spacial score (nSPS) is 23.6. The lowest BCUT2D eigenvalue weighted by Crippen LogP contribution is -2.46. The van der Waals surface area contributed by atoms with E-state index in [9.17, 15) is 14.0 Å². The van der Waals surface area contributed by atoms with E-state index >= 15 is 0 Å². The third-order valence-corrected chi connectivity index (χ3v) is 6.05. The molecule has 0 bridgehead atoms. The van der Waals surface area contributed by atoms with Gasteiger partial charge in [0, 0.05) is 51.1 Å². The van der Waals surface area contributed by atoms with Gasteiger partial charge in [-0.1, -0.05) is 12.1 Å². The number of carbonyl (C=O) groups is 2. The van der Waals surface area contributed by atoms with Crippen molar-refractivity contribution in [3.63, 3.8) is 0 Å². The summed E-state index contributed by atoms with van der Waals surface area (Å²) in [6.45, 7) is 3.65. The van der Waals surface area contributed by atoms with Gasteiger partial charge in [-0.15, -0.1) is 0 Å². The van der Waals surface area contributed by atoms with Crippen molar-refractivity contribution in [1.29, 1.82) is 0 Å². The molecule has 1 aromatic carbocycles. The van der Waals surface area contributed by atoms with Gasteiger partial charge in [0.1, 0.15) is 5.82 Å². The number of likely N-dealkylation sites (N-methyl/N-ethyl adjacent to an activating group) is 1. The van der Waals surface area contributed by atoms with E-state index < -0.39 is 0 Å². The molecule has 6 nitrogen and oxygen atoms in total. The highest BCUT2D eigenvalue weighted by Crippen LogP contribution is 2.25. The zero-order chi connectivity index (χ0) is 20.1. The molecule has 2 N–H and O–H groups in total. The Hall–Kier alpha value is -2.15. The molecule has 3 rings (SSSR count). The molecule has 0 unspecified atom stereocenters. The minimum absolute atomic E-state index is 0.0173. The Morgan fingerprint density at radius 1 is 1.11 bits per heavy atom. The van der Waals surface area contributed by atoms with Crippen LogP contribution in [0.5, 0.6) is 0 Å². The van der Waals surface area contributed by atoms with E-state index in [2.05, 4.69) is 20.4 Å². The molecule has 0 spiro atoms. The van der Waals surface area contributed by atoms with Gasteiger partial charge in [0.15, 0.2) is 0 Å². The summed E-state index contributed by atoms with van der Waals surface area (Å²) in [4.78, 5) is 27.9. The largest absolute Gasteiger partial charge is 0.369 e. The average molecular weight is 391 g/mol. The number of para-hydroxylation sites is 1. The summed E-state index contributed by atoms with van der Waals surface area (Å²) >= 11 is 0. The molecule has 0 saturated carbocycles. The summed E-state index contributed by atoms with van der Waals surface area (Å²) in [5, 5.41) is 6.03. The van der Waals surface area contributed by atoms with Crippen molar-refractivity contribution in [2.45, 2.75) is 57.2 Å². The molecule has 2 aliphatic rings. The van der Waals surface area contributed by atoms with Crippen LogP contribution in [0.1, 0.15) is 39.0 Å². The molecule has 0 radical (unpaired) electrons. The van der Waals surface area contributed by atoms with Crippen molar-refractivity contribution in [2.75, 3.05) is 31.6 Å². The first-order chi connectivity index (χ1) is 13.4. The van der Waals surface area contributed by atoms with Crippen LogP contribution in [-0.2, 0) is 9.59 Å². The van der Waals surface area contributed by atoms with Crippen LogP contribution < -0.4 is 15.5 Å². The van der Waals surface area contributed by atoms with Crippen LogP contribution in [0.4, 0.5) is 10.1 Å². The Morgan fingerprint density at radius 3 is 2.46 bits per heavy atom. The Balaban J connectivity index is 1.41. The fourth-order valence-electron chi connectivity index (χ4n) is 4.32. The summed E-state index contributed by atoms with van der Waals surface area (Å²) in [6.07, 6.45) is 4.10. The summed E-state index contributed by atoms with van der Waals surface area (Å²) in [5.74, 6) is -0.124. The minimum atomic E-state index is -0.192. The van der Waals surface area contributed by atoms with Gasteiger partial charge in [-0.3, -0.25) is 14.5 Å². The van der Waals surface area contributed by atoms with Gasteiger partial charge in [0.05, 0.1) is 5.69 Å². The third-order valence-electron chi connectivity index (χ3n) is 6.05. The number of rotatable bonds is 6. The summed E-state index contributed by atoms with van der Waals surface area (Å²) in [7, 11) is 2.03. The molecule has 7 heteroatoms. The van der Waals surface area contributed by atoms with Gasteiger partial charge in [-0.05, 0) is 44.9 Å². The van der Waals surface area contributed by atoms with Crippen molar-refractivity contribution in [2.24, 2.45) is 0 Å². The van der Waals surface area contributed by atoms with Crippen molar-refractivity contribution >= 4 is 17.5 Å². The number of halogens is 1. The van der Waals surface area contributed by atoms with Crippen molar-refractivity contribution in [3.05, 3.63) is 30.1 Å². The number of nitrogens with one attached hydrogen (secondary N) is 2. The number of piperidine rings is 1. The third kappa shape index (κ3) is 5.22. The lowest BCUT2D eigenvalue weighted by atomic mass is 10.0. The molecular formula is C21H31FN4O2.